The van der Waals surface area contributed by atoms with Crippen LogP contribution in [0.3, 0.4) is 0 Å². The minimum atomic E-state index is -0.230. The van der Waals surface area contributed by atoms with Crippen molar-refractivity contribution in [1.82, 2.24) is 5.32 Å². The molecule has 1 aromatic rings. The van der Waals surface area contributed by atoms with Gasteiger partial charge < -0.3 is 14.8 Å². The summed E-state index contributed by atoms with van der Waals surface area (Å²) in [7, 11) is 0. The van der Waals surface area contributed by atoms with Crippen LogP contribution in [-0.4, -0.2) is 25.2 Å². The molecule has 0 aromatic heterocycles. The van der Waals surface area contributed by atoms with E-state index < -0.39 is 0 Å². The Bertz CT molecular complexity index is 377. The summed E-state index contributed by atoms with van der Waals surface area (Å²) in [6, 6.07) is 7.83. The van der Waals surface area contributed by atoms with Crippen LogP contribution in [0.2, 0.25) is 0 Å². The Balaban J connectivity index is 2.40. The molecule has 18 heavy (non-hydrogen) atoms. The molecule has 0 unspecified atom stereocenters. The molecular weight excluding hydrogens is 230 g/mol. The van der Waals surface area contributed by atoms with Crippen LogP contribution in [0.1, 0.15) is 26.3 Å². The van der Waals surface area contributed by atoms with E-state index in [0.29, 0.717) is 13.2 Å². The number of carbonyl (C=O) groups is 1. The Labute approximate surface area is 108 Å². The zero-order chi connectivity index (χ0) is 13.4. The molecule has 4 nitrogen and oxygen atoms in total. The summed E-state index contributed by atoms with van der Waals surface area (Å²) < 4.78 is 10.4. The van der Waals surface area contributed by atoms with Crippen LogP contribution in [0.4, 0.5) is 0 Å². The van der Waals surface area contributed by atoms with Crippen molar-refractivity contribution < 1.29 is 14.3 Å². The lowest BCUT2D eigenvalue weighted by Gasteiger charge is -2.11. The average Bonchev–Trinajstić information content (AvgIpc) is 2.29. The van der Waals surface area contributed by atoms with Gasteiger partial charge in [-0.05, 0) is 38.5 Å². The molecule has 0 spiro atoms. The fourth-order valence-corrected chi connectivity index (χ4v) is 1.52. The third-order valence-corrected chi connectivity index (χ3v) is 2.17. The molecule has 0 atom stereocenters. The average molecular weight is 251 g/mol. The van der Waals surface area contributed by atoms with Crippen LogP contribution in [0.5, 0.6) is 5.75 Å². The molecule has 0 saturated heterocycles. The first-order valence-electron chi connectivity index (χ1n) is 6.23. The van der Waals surface area contributed by atoms with Gasteiger partial charge in [-0.2, -0.15) is 0 Å². The highest BCUT2D eigenvalue weighted by atomic mass is 16.5. The highest BCUT2D eigenvalue weighted by Crippen LogP contribution is 2.14. The van der Waals surface area contributed by atoms with E-state index in [2.05, 4.69) is 5.32 Å². The van der Waals surface area contributed by atoms with Gasteiger partial charge in [0, 0.05) is 6.54 Å². The van der Waals surface area contributed by atoms with E-state index in [1.165, 1.54) is 0 Å². The van der Waals surface area contributed by atoms with Crippen molar-refractivity contribution in [3.63, 3.8) is 0 Å². The first kappa shape index (κ1) is 14.5. The van der Waals surface area contributed by atoms with Gasteiger partial charge in [0.25, 0.3) is 0 Å². The summed E-state index contributed by atoms with van der Waals surface area (Å²) in [6.07, 6.45) is 0.160. The van der Waals surface area contributed by atoms with Gasteiger partial charge in [0.1, 0.15) is 5.75 Å². The smallest absolute Gasteiger partial charge is 0.319 e. The normalized spacial score (nSPS) is 10.4. The zero-order valence-electron chi connectivity index (χ0n) is 11.2. The summed E-state index contributed by atoms with van der Waals surface area (Å²) in [4.78, 5) is 11.1. The molecule has 0 aliphatic carbocycles. The highest BCUT2D eigenvalue weighted by Gasteiger charge is 2.02. The van der Waals surface area contributed by atoms with Crippen molar-refractivity contribution in [3.8, 4) is 5.75 Å². The lowest BCUT2D eigenvalue weighted by Crippen LogP contribution is -2.24. The number of rotatable bonds is 7. The predicted molar refractivity (Wildman–Crippen MR) is 70.5 cm³/mol. The molecule has 0 fully saturated rings. The Morgan fingerprint density at radius 1 is 1.39 bits per heavy atom. The molecule has 4 heteroatoms. The molecule has 0 heterocycles. The van der Waals surface area contributed by atoms with Gasteiger partial charge >= 0.3 is 5.97 Å². The molecule has 1 rings (SSSR count). The molecule has 0 aliphatic rings. The second-order valence-corrected chi connectivity index (χ2v) is 4.22. The molecule has 0 aliphatic heterocycles. The third kappa shape index (κ3) is 5.68. The summed E-state index contributed by atoms with van der Waals surface area (Å²) in [5.74, 6) is 0.618. The van der Waals surface area contributed by atoms with Crippen molar-refractivity contribution in [3.05, 3.63) is 29.8 Å². The molecule has 1 aromatic carbocycles. The van der Waals surface area contributed by atoms with Gasteiger partial charge in [0.2, 0.25) is 0 Å². The predicted octanol–water partition coefficient (Wildman–Crippen LogP) is 2.13. The third-order valence-electron chi connectivity index (χ3n) is 2.17. The van der Waals surface area contributed by atoms with E-state index in [0.717, 1.165) is 11.3 Å². The van der Waals surface area contributed by atoms with E-state index in [9.17, 15) is 4.79 Å². The molecule has 0 radical (unpaired) electrons. The van der Waals surface area contributed by atoms with E-state index in [1.54, 1.807) is 6.92 Å². The minimum Gasteiger partial charge on any atom is -0.491 e. The monoisotopic (exact) mass is 251 g/mol. The zero-order valence-corrected chi connectivity index (χ0v) is 11.2. The number of hydrogen-bond donors (Lipinski definition) is 1. The standard InChI is InChI=1S/C14H21NO3/c1-4-17-14(16)10-15-9-12-6-5-7-13(8-12)18-11(2)3/h5-8,11,15H,4,9-10H2,1-3H3. The van der Waals surface area contributed by atoms with Gasteiger partial charge in [-0.15, -0.1) is 0 Å². The molecular formula is C14H21NO3. The maximum absolute atomic E-state index is 11.1. The first-order chi connectivity index (χ1) is 8.61. The summed E-state index contributed by atoms with van der Waals surface area (Å²) >= 11 is 0. The van der Waals surface area contributed by atoms with Crippen molar-refractivity contribution >= 4 is 5.97 Å². The van der Waals surface area contributed by atoms with Crippen LogP contribution in [0, 0.1) is 0 Å². The second-order valence-electron chi connectivity index (χ2n) is 4.22. The molecule has 0 saturated carbocycles. The number of carbonyl (C=O) groups excluding carboxylic acids is 1. The molecule has 100 valence electrons. The van der Waals surface area contributed by atoms with Crippen molar-refractivity contribution in [2.45, 2.75) is 33.4 Å². The lowest BCUT2D eigenvalue weighted by atomic mass is 10.2. The summed E-state index contributed by atoms with van der Waals surface area (Å²) in [6.45, 7) is 7.04. The van der Waals surface area contributed by atoms with E-state index in [1.807, 2.05) is 38.1 Å². The molecule has 0 amide bonds. The number of hydrogen-bond acceptors (Lipinski definition) is 4. The molecule has 0 bridgehead atoms. The summed E-state index contributed by atoms with van der Waals surface area (Å²) in [5.41, 5.74) is 1.08. The van der Waals surface area contributed by atoms with Crippen LogP contribution in [0.25, 0.3) is 0 Å². The fraction of sp³-hybridized carbons (Fsp3) is 0.500. The Morgan fingerprint density at radius 2 is 2.17 bits per heavy atom. The van der Waals surface area contributed by atoms with Crippen molar-refractivity contribution in [2.75, 3.05) is 13.2 Å². The Kier molecular flexibility index (Phi) is 6.22. The minimum absolute atomic E-state index is 0.160. The second kappa shape index (κ2) is 7.71. The number of nitrogens with one attached hydrogen (secondary N) is 1. The fourth-order valence-electron chi connectivity index (χ4n) is 1.52. The number of esters is 1. The van der Waals surface area contributed by atoms with Gasteiger partial charge in [0.15, 0.2) is 0 Å². The largest absolute Gasteiger partial charge is 0.491 e. The molecule has 1 N–H and O–H groups in total. The quantitative estimate of drug-likeness (QED) is 0.754. The van der Waals surface area contributed by atoms with E-state index in [-0.39, 0.29) is 18.6 Å². The highest BCUT2D eigenvalue weighted by molar-refractivity contribution is 5.71. The topological polar surface area (TPSA) is 47.6 Å². The van der Waals surface area contributed by atoms with Crippen LogP contribution in [0.15, 0.2) is 24.3 Å². The van der Waals surface area contributed by atoms with Gasteiger partial charge in [-0.1, -0.05) is 12.1 Å². The maximum Gasteiger partial charge on any atom is 0.319 e. The van der Waals surface area contributed by atoms with E-state index >= 15 is 0 Å². The maximum atomic E-state index is 11.1. The Morgan fingerprint density at radius 3 is 2.83 bits per heavy atom. The van der Waals surface area contributed by atoms with Gasteiger partial charge in [0.05, 0.1) is 19.3 Å². The first-order valence-corrected chi connectivity index (χ1v) is 6.23. The van der Waals surface area contributed by atoms with E-state index in [4.69, 9.17) is 9.47 Å². The van der Waals surface area contributed by atoms with Crippen LogP contribution >= 0.6 is 0 Å². The van der Waals surface area contributed by atoms with Gasteiger partial charge in [-0.25, -0.2) is 0 Å². The lowest BCUT2D eigenvalue weighted by molar-refractivity contribution is -0.142. The Hall–Kier alpha value is -1.55. The summed E-state index contributed by atoms with van der Waals surface area (Å²) in [5, 5.41) is 3.04. The van der Waals surface area contributed by atoms with Crippen LogP contribution in [-0.2, 0) is 16.1 Å². The van der Waals surface area contributed by atoms with Crippen molar-refractivity contribution in [1.29, 1.82) is 0 Å². The number of ether oxygens (including phenoxy) is 2. The number of benzene rings is 1. The van der Waals surface area contributed by atoms with Crippen LogP contribution < -0.4 is 10.1 Å². The SMILES string of the molecule is CCOC(=O)CNCc1cccc(OC(C)C)c1. The van der Waals surface area contributed by atoms with Gasteiger partial charge in [-0.3, -0.25) is 4.79 Å². The van der Waals surface area contributed by atoms with Crippen molar-refractivity contribution in [2.24, 2.45) is 0 Å².